The first-order chi connectivity index (χ1) is 15.6. The van der Waals surface area contributed by atoms with Crippen molar-refractivity contribution in [3.8, 4) is 0 Å². The standard InChI is InChI=1S/C28H39NO4/c1-17(2)32-15-7-14-29-24(19-9-11-20(12-10-19)28(4,5)6)23-25(30)21-16-18(3)8-13-22(21)33-26(23)27(29)31/h9-12,17-18,21-22,24H,7-8,13-16H2,1-6H3. The number of carbonyl (C=O) groups excluding carboxylic acids is 2. The number of nitrogens with zero attached hydrogens (tertiary/aromatic N) is 1. The minimum Gasteiger partial charge on any atom is -0.483 e. The molecule has 180 valence electrons. The van der Waals surface area contributed by atoms with Crippen molar-refractivity contribution < 1.29 is 19.1 Å². The predicted molar refractivity (Wildman–Crippen MR) is 129 cm³/mol. The first kappa shape index (κ1) is 24.0. The van der Waals surface area contributed by atoms with Crippen molar-refractivity contribution in [1.82, 2.24) is 4.90 Å². The maximum atomic E-state index is 13.8. The smallest absolute Gasteiger partial charge is 0.290 e. The van der Waals surface area contributed by atoms with E-state index in [4.69, 9.17) is 9.47 Å². The van der Waals surface area contributed by atoms with Gasteiger partial charge in [0.05, 0.1) is 23.6 Å². The fourth-order valence-corrected chi connectivity index (χ4v) is 5.42. The summed E-state index contributed by atoms with van der Waals surface area (Å²) in [7, 11) is 0. The molecule has 4 unspecified atom stereocenters. The van der Waals surface area contributed by atoms with E-state index in [-0.39, 0.29) is 41.3 Å². The summed E-state index contributed by atoms with van der Waals surface area (Å²) in [5.74, 6) is 0.634. The summed E-state index contributed by atoms with van der Waals surface area (Å²) in [5, 5.41) is 0. The van der Waals surface area contributed by atoms with Crippen molar-refractivity contribution in [3.63, 3.8) is 0 Å². The van der Waals surface area contributed by atoms with E-state index in [9.17, 15) is 9.59 Å². The molecule has 0 aromatic heterocycles. The molecule has 1 aliphatic carbocycles. The second-order valence-corrected chi connectivity index (χ2v) is 11.3. The van der Waals surface area contributed by atoms with Gasteiger partial charge >= 0.3 is 0 Å². The van der Waals surface area contributed by atoms with E-state index in [0.29, 0.717) is 30.4 Å². The molecule has 33 heavy (non-hydrogen) atoms. The van der Waals surface area contributed by atoms with Crippen LogP contribution in [0.2, 0.25) is 0 Å². The number of hydrogen-bond acceptors (Lipinski definition) is 4. The number of amides is 1. The van der Waals surface area contributed by atoms with Crippen LogP contribution in [0.4, 0.5) is 0 Å². The molecule has 0 radical (unpaired) electrons. The van der Waals surface area contributed by atoms with Gasteiger partial charge in [0.15, 0.2) is 11.5 Å². The van der Waals surface area contributed by atoms with Crippen molar-refractivity contribution in [2.75, 3.05) is 13.2 Å². The van der Waals surface area contributed by atoms with Crippen LogP contribution in [0.1, 0.15) is 84.4 Å². The second-order valence-electron chi connectivity index (χ2n) is 11.3. The lowest BCUT2D eigenvalue weighted by Gasteiger charge is -2.37. The third-order valence-electron chi connectivity index (χ3n) is 7.29. The maximum Gasteiger partial charge on any atom is 0.290 e. The highest BCUT2D eigenvalue weighted by Crippen LogP contribution is 2.47. The molecular weight excluding hydrogens is 414 g/mol. The van der Waals surface area contributed by atoms with Gasteiger partial charge in [0.2, 0.25) is 0 Å². The summed E-state index contributed by atoms with van der Waals surface area (Å²) in [6.07, 6.45) is 3.44. The number of hydrogen-bond donors (Lipinski definition) is 0. The first-order valence-electron chi connectivity index (χ1n) is 12.6. The highest BCUT2D eigenvalue weighted by molar-refractivity contribution is 6.11. The van der Waals surface area contributed by atoms with Crippen LogP contribution in [0.5, 0.6) is 0 Å². The SMILES string of the molecule is CC1CCC2OC3=C(C(=O)C2C1)C(c1ccc(C(C)(C)C)cc1)N(CCCOC(C)C)C3=O. The molecule has 4 rings (SSSR count). The molecule has 2 aliphatic heterocycles. The van der Waals surface area contributed by atoms with E-state index < -0.39 is 0 Å². The summed E-state index contributed by atoms with van der Waals surface area (Å²) >= 11 is 0. The number of carbonyl (C=O) groups is 2. The van der Waals surface area contributed by atoms with Gasteiger partial charge in [-0.2, -0.15) is 0 Å². The van der Waals surface area contributed by atoms with Crippen LogP contribution in [0.3, 0.4) is 0 Å². The van der Waals surface area contributed by atoms with Gasteiger partial charge < -0.3 is 14.4 Å². The third kappa shape index (κ3) is 4.75. The predicted octanol–water partition coefficient (Wildman–Crippen LogP) is 5.34. The van der Waals surface area contributed by atoms with E-state index in [1.807, 2.05) is 18.7 Å². The van der Waals surface area contributed by atoms with E-state index in [1.165, 1.54) is 5.56 Å². The Morgan fingerprint density at radius 3 is 2.45 bits per heavy atom. The molecule has 1 aromatic carbocycles. The van der Waals surface area contributed by atoms with Gasteiger partial charge in [-0.05, 0) is 62.0 Å². The van der Waals surface area contributed by atoms with Crippen LogP contribution in [-0.2, 0) is 24.5 Å². The molecule has 3 aliphatic rings. The Hall–Kier alpha value is -2.14. The molecule has 5 nitrogen and oxygen atoms in total. The van der Waals surface area contributed by atoms with Crippen molar-refractivity contribution in [3.05, 3.63) is 46.7 Å². The number of ether oxygens (including phenoxy) is 2. The molecular formula is C28H39NO4. The Kier molecular flexibility index (Phi) is 6.73. The van der Waals surface area contributed by atoms with Gasteiger partial charge in [-0.15, -0.1) is 0 Å². The molecule has 0 N–H and O–H groups in total. The molecule has 4 atom stereocenters. The van der Waals surface area contributed by atoms with Crippen LogP contribution >= 0.6 is 0 Å². The molecule has 1 saturated carbocycles. The normalized spacial score (nSPS) is 27.7. The quantitative estimate of drug-likeness (QED) is 0.546. The Balaban J connectivity index is 1.67. The van der Waals surface area contributed by atoms with Gasteiger partial charge in [-0.1, -0.05) is 52.0 Å². The van der Waals surface area contributed by atoms with Gasteiger partial charge in [0.1, 0.15) is 6.10 Å². The maximum absolute atomic E-state index is 13.8. The molecule has 5 heteroatoms. The topological polar surface area (TPSA) is 55.8 Å². The minimum absolute atomic E-state index is 0.0392. The third-order valence-corrected chi connectivity index (χ3v) is 7.29. The van der Waals surface area contributed by atoms with Gasteiger partial charge in [-0.25, -0.2) is 0 Å². The Morgan fingerprint density at radius 2 is 1.82 bits per heavy atom. The molecule has 1 aromatic rings. The van der Waals surface area contributed by atoms with Crippen molar-refractivity contribution >= 4 is 11.7 Å². The lowest BCUT2D eigenvalue weighted by Crippen LogP contribution is -2.41. The average molecular weight is 454 g/mol. The van der Waals surface area contributed by atoms with Crippen LogP contribution < -0.4 is 0 Å². The number of benzene rings is 1. The average Bonchev–Trinajstić information content (AvgIpc) is 3.03. The van der Waals surface area contributed by atoms with Crippen LogP contribution in [0, 0.1) is 11.8 Å². The zero-order chi connectivity index (χ0) is 23.9. The van der Waals surface area contributed by atoms with E-state index in [1.54, 1.807) is 0 Å². The zero-order valence-corrected chi connectivity index (χ0v) is 21.0. The van der Waals surface area contributed by atoms with E-state index in [2.05, 4.69) is 52.0 Å². The van der Waals surface area contributed by atoms with Crippen molar-refractivity contribution in [2.45, 2.75) is 90.9 Å². The van der Waals surface area contributed by atoms with Crippen molar-refractivity contribution in [2.24, 2.45) is 11.8 Å². The molecule has 0 bridgehead atoms. The fourth-order valence-electron chi connectivity index (χ4n) is 5.42. The number of fused-ring (bicyclic) bond motifs is 1. The summed E-state index contributed by atoms with van der Waals surface area (Å²) in [4.78, 5) is 29.1. The number of Topliss-reactive ketones (excluding diaryl/α,β-unsaturated/α-hetero) is 1. The zero-order valence-electron chi connectivity index (χ0n) is 21.0. The Bertz CT molecular complexity index is 924. The highest BCUT2D eigenvalue weighted by atomic mass is 16.5. The van der Waals surface area contributed by atoms with Crippen LogP contribution in [0.25, 0.3) is 0 Å². The first-order valence-corrected chi connectivity index (χ1v) is 12.6. The molecule has 1 amide bonds. The number of ketones is 1. The van der Waals surface area contributed by atoms with Gasteiger partial charge in [0.25, 0.3) is 5.91 Å². The van der Waals surface area contributed by atoms with Crippen molar-refractivity contribution in [1.29, 1.82) is 0 Å². The van der Waals surface area contributed by atoms with Gasteiger partial charge in [-0.3, -0.25) is 9.59 Å². The monoisotopic (exact) mass is 453 g/mol. The van der Waals surface area contributed by atoms with Crippen LogP contribution in [0.15, 0.2) is 35.6 Å². The molecule has 0 saturated heterocycles. The van der Waals surface area contributed by atoms with E-state index in [0.717, 1.165) is 31.2 Å². The second kappa shape index (κ2) is 9.25. The Labute approximate surface area is 198 Å². The lowest BCUT2D eigenvalue weighted by molar-refractivity contribution is -0.136. The van der Waals surface area contributed by atoms with Gasteiger partial charge in [0, 0.05) is 13.2 Å². The van der Waals surface area contributed by atoms with E-state index >= 15 is 0 Å². The largest absolute Gasteiger partial charge is 0.483 e. The lowest BCUT2D eigenvalue weighted by atomic mass is 9.74. The number of rotatable bonds is 6. The summed E-state index contributed by atoms with van der Waals surface area (Å²) in [6, 6.07) is 8.02. The Morgan fingerprint density at radius 1 is 1.12 bits per heavy atom. The molecule has 2 heterocycles. The molecule has 0 spiro atoms. The summed E-state index contributed by atoms with van der Waals surface area (Å²) in [6.45, 7) is 13.9. The van der Waals surface area contributed by atoms with Crippen LogP contribution in [-0.4, -0.2) is 41.9 Å². The highest BCUT2D eigenvalue weighted by Gasteiger charge is 2.52. The summed E-state index contributed by atoms with van der Waals surface area (Å²) in [5.41, 5.74) is 2.82. The minimum atomic E-state index is -0.383. The fraction of sp³-hybridized carbons (Fsp3) is 0.643. The summed E-state index contributed by atoms with van der Waals surface area (Å²) < 4.78 is 12.0. The molecule has 1 fully saturated rings.